The molecule has 5 aliphatic heterocycles. The van der Waals surface area contributed by atoms with E-state index in [1.807, 2.05) is 18.7 Å². The first-order valence-corrected chi connectivity index (χ1v) is 21.6. The number of aromatic hydroxyl groups is 2. The number of nitrogens with zero attached hydrogens (tertiary/aromatic N) is 9. The third-order valence-electron chi connectivity index (χ3n) is 13.2. The predicted octanol–water partition coefficient (Wildman–Crippen LogP) is 4.30. The molecule has 2 amide bonds. The van der Waals surface area contributed by atoms with E-state index in [1.165, 1.54) is 11.6 Å². The van der Waals surface area contributed by atoms with Crippen LogP contribution < -0.4 is 10.6 Å². The molecule has 0 unspecified atom stereocenters. The molecule has 0 bridgehead atoms. The summed E-state index contributed by atoms with van der Waals surface area (Å²) < 4.78 is 5.63. The van der Waals surface area contributed by atoms with Crippen molar-refractivity contribution in [1.82, 2.24) is 39.5 Å². The number of likely N-dealkylation sites (tertiary alicyclic amines) is 2. The molecule has 60 heavy (non-hydrogen) atoms. The standard InChI is InChI=1S/C45H56N10O5/c1-28(2)36-20-37(40(57)21-39(36)56)44(59)55-25-31-4-3-29(19-32(31)26-55)24-51-10-7-34(8-11-51)52-12-5-30(6-13-52)43(58)54-14-9-35-38(27-54)49-41(33-22-47-45(46)48-23-33)50-42(35)53-15-17-60-18-16-53/h3-4,19-23,28,30,34,56-57H,5-18,24-27H2,1-2H3,(H2,46,47,48). The van der Waals surface area contributed by atoms with Crippen LogP contribution >= 0.6 is 0 Å². The molecule has 0 spiro atoms. The Morgan fingerprint density at radius 2 is 1.57 bits per heavy atom. The van der Waals surface area contributed by atoms with Crippen molar-refractivity contribution in [2.45, 2.75) is 84.1 Å². The highest BCUT2D eigenvalue weighted by Gasteiger charge is 2.36. The number of hydrogen-bond acceptors (Lipinski definition) is 13. The molecule has 0 atom stereocenters. The van der Waals surface area contributed by atoms with Crippen LogP contribution in [-0.4, -0.2) is 127 Å². The zero-order valence-electron chi connectivity index (χ0n) is 34.7. The van der Waals surface area contributed by atoms with Crippen LogP contribution in [0.1, 0.15) is 89.3 Å². The second-order valence-electron chi connectivity index (χ2n) is 17.4. The van der Waals surface area contributed by atoms with E-state index >= 15 is 0 Å². The molecule has 15 heteroatoms. The van der Waals surface area contributed by atoms with Crippen molar-refractivity contribution >= 4 is 23.6 Å². The number of piperidine rings is 2. The van der Waals surface area contributed by atoms with Gasteiger partial charge in [-0.25, -0.2) is 19.9 Å². The minimum Gasteiger partial charge on any atom is -0.508 e. The van der Waals surface area contributed by atoms with E-state index in [4.69, 9.17) is 20.4 Å². The number of fused-ring (bicyclic) bond motifs is 2. The number of nitrogens with two attached hydrogens (primary N) is 1. The molecular formula is C45H56N10O5. The molecule has 0 aliphatic carbocycles. The third kappa shape index (κ3) is 8.22. The van der Waals surface area contributed by atoms with E-state index in [0.29, 0.717) is 62.4 Å². The summed E-state index contributed by atoms with van der Waals surface area (Å²) in [6.07, 6.45) is 7.99. The number of carbonyl (C=O) groups excluding carboxylic acids is 2. The van der Waals surface area contributed by atoms with Crippen molar-refractivity contribution in [1.29, 1.82) is 0 Å². The summed E-state index contributed by atoms with van der Waals surface area (Å²) in [7, 11) is 0. The number of rotatable bonds is 8. The van der Waals surface area contributed by atoms with Crippen LogP contribution in [-0.2, 0) is 42.1 Å². The van der Waals surface area contributed by atoms with E-state index in [-0.39, 0.29) is 46.7 Å². The van der Waals surface area contributed by atoms with Crippen LogP contribution in [0, 0.1) is 5.92 Å². The van der Waals surface area contributed by atoms with E-state index < -0.39 is 0 Å². The highest BCUT2D eigenvalue weighted by Crippen LogP contribution is 2.36. The topological polar surface area (TPSA) is 178 Å². The second-order valence-corrected chi connectivity index (χ2v) is 17.4. The first-order valence-electron chi connectivity index (χ1n) is 21.6. The lowest BCUT2D eigenvalue weighted by Gasteiger charge is -2.42. The number of amides is 2. The Kier molecular flexibility index (Phi) is 11.3. The summed E-state index contributed by atoms with van der Waals surface area (Å²) in [5.74, 6) is 1.53. The number of phenolic OH excluding ortho intramolecular Hbond substituents is 2. The van der Waals surface area contributed by atoms with Gasteiger partial charge >= 0.3 is 0 Å². The number of morpholine rings is 1. The zero-order chi connectivity index (χ0) is 41.5. The molecule has 2 aromatic heterocycles. The van der Waals surface area contributed by atoms with Gasteiger partial charge in [0.25, 0.3) is 5.91 Å². The molecule has 316 valence electrons. The molecular weight excluding hydrogens is 761 g/mol. The summed E-state index contributed by atoms with van der Waals surface area (Å²) in [5.41, 5.74) is 12.9. The number of benzene rings is 2. The van der Waals surface area contributed by atoms with E-state index in [0.717, 1.165) is 106 Å². The summed E-state index contributed by atoms with van der Waals surface area (Å²) in [6, 6.07) is 9.98. The van der Waals surface area contributed by atoms with Crippen molar-refractivity contribution in [2.75, 3.05) is 69.7 Å². The maximum atomic E-state index is 14.0. The summed E-state index contributed by atoms with van der Waals surface area (Å²) in [6.45, 7) is 13.7. The van der Waals surface area contributed by atoms with Crippen LogP contribution in [0.3, 0.4) is 0 Å². The van der Waals surface area contributed by atoms with Gasteiger partial charge < -0.3 is 40.3 Å². The molecule has 4 aromatic rings. The van der Waals surface area contributed by atoms with Crippen molar-refractivity contribution < 1.29 is 24.5 Å². The first-order chi connectivity index (χ1) is 29.1. The van der Waals surface area contributed by atoms with Gasteiger partial charge in [-0.3, -0.25) is 14.5 Å². The van der Waals surface area contributed by atoms with Crippen LogP contribution in [0.25, 0.3) is 11.4 Å². The normalized spacial score (nSPS) is 19.5. The largest absolute Gasteiger partial charge is 0.508 e. The highest BCUT2D eigenvalue weighted by atomic mass is 16.5. The number of aromatic nitrogens is 4. The SMILES string of the molecule is CC(C)c1cc(C(=O)N2Cc3ccc(CN4CCC(N5CCC(C(=O)N6CCc7c(nc(-c8cnc(N)nc8)nc7N7CCOCC7)C6)CC5)CC4)cc3C2)c(O)cc1O. The smallest absolute Gasteiger partial charge is 0.258 e. The zero-order valence-corrected chi connectivity index (χ0v) is 34.7. The lowest BCUT2D eigenvalue weighted by Crippen LogP contribution is -2.50. The minimum absolute atomic E-state index is 0.00652. The van der Waals surface area contributed by atoms with Crippen LogP contribution in [0.5, 0.6) is 11.5 Å². The molecule has 3 fully saturated rings. The number of nitrogen functional groups attached to an aromatic ring is 1. The van der Waals surface area contributed by atoms with Gasteiger partial charge in [-0.2, -0.15) is 0 Å². The highest BCUT2D eigenvalue weighted by molar-refractivity contribution is 5.97. The van der Waals surface area contributed by atoms with Crippen LogP contribution in [0.15, 0.2) is 42.7 Å². The third-order valence-corrected chi connectivity index (χ3v) is 13.2. The van der Waals surface area contributed by atoms with Crippen molar-refractivity contribution in [2.24, 2.45) is 5.92 Å². The van der Waals surface area contributed by atoms with Gasteiger partial charge in [0, 0.05) is 75.3 Å². The summed E-state index contributed by atoms with van der Waals surface area (Å²) in [4.78, 5) is 57.0. The number of ether oxygens (including phenoxy) is 1. The van der Waals surface area contributed by atoms with Crippen molar-refractivity contribution in [3.63, 3.8) is 0 Å². The number of carbonyl (C=O) groups is 2. The van der Waals surface area contributed by atoms with Gasteiger partial charge in [-0.1, -0.05) is 32.0 Å². The molecule has 7 heterocycles. The van der Waals surface area contributed by atoms with Gasteiger partial charge in [0.1, 0.15) is 17.3 Å². The van der Waals surface area contributed by atoms with Gasteiger partial charge in [0.05, 0.1) is 36.6 Å². The summed E-state index contributed by atoms with van der Waals surface area (Å²) >= 11 is 0. The van der Waals surface area contributed by atoms with Gasteiger partial charge in [0.15, 0.2) is 5.82 Å². The van der Waals surface area contributed by atoms with Crippen LogP contribution in [0.4, 0.5) is 11.8 Å². The van der Waals surface area contributed by atoms with Crippen molar-refractivity contribution in [3.8, 4) is 22.9 Å². The molecule has 0 radical (unpaired) electrons. The quantitative estimate of drug-likeness (QED) is 0.230. The molecule has 15 nitrogen and oxygen atoms in total. The lowest BCUT2D eigenvalue weighted by molar-refractivity contribution is -0.138. The fraction of sp³-hybridized carbons (Fsp3) is 0.511. The average Bonchev–Trinajstić information content (AvgIpc) is 3.70. The van der Waals surface area contributed by atoms with Gasteiger partial charge in [-0.05, 0) is 92.5 Å². The second kappa shape index (κ2) is 16.9. The number of anilines is 2. The molecule has 0 saturated carbocycles. The Balaban J connectivity index is 0.765. The number of phenols is 2. The first kappa shape index (κ1) is 40.0. The van der Waals surface area contributed by atoms with Gasteiger partial charge in [-0.15, -0.1) is 0 Å². The minimum atomic E-state index is -0.228. The Morgan fingerprint density at radius 1 is 0.833 bits per heavy atom. The fourth-order valence-electron chi connectivity index (χ4n) is 9.78. The fourth-order valence-corrected chi connectivity index (χ4v) is 9.78. The van der Waals surface area contributed by atoms with Gasteiger partial charge in [0.2, 0.25) is 11.9 Å². The van der Waals surface area contributed by atoms with Crippen LogP contribution in [0.2, 0.25) is 0 Å². The lowest BCUT2D eigenvalue weighted by atomic mass is 9.91. The monoisotopic (exact) mass is 816 g/mol. The maximum Gasteiger partial charge on any atom is 0.258 e. The summed E-state index contributed by atoms with van der Waals surface area (Å²) in [5, 5.41) is 20.8. The Bertz CT molecular complexity index is 2230. The molecule has 3 saturated heterocycles. The molecule has 9 rings (SSSR count). The Hall–Kier alpha value is -5.38. The molecule has 2 aromatic carbocycles. The van der Waals surface area contributed by atoms with E-state index in [2.05, 4.69) is 42.9 Å². The maximum absolute atomic E-state index is 14.0. The molecule has 4 N–H and O–H groups in total. The Morgan fingerprint density at radius 3 is 2.30 bits per heavy atom. The molecule has 5 aliphatic rings. The average molecular weight is 817 g/mol. The Labute approximate surface area is 351 Å². The van der Waals surface area contributed by atoms with Crippen molar-refractivity contribution in [3.05, 3.63) is 81.8 Å². The van der Waals surface area contributed by atoms with E-state index in [1.54, 1.807) is 23.4 Å². The number of hydrogen-bond donors (Lipinski definition) is 3. The predicted molar refractivity (Wildman–Crippen MR) is 226 cm³/mol. The van der Waals surface area contributed by atoms with E-state index in [9.17, 15) is 19.8 Å².